The van der Waals surface area contributed by atoms with E-state index in [0.717, 1.165) is 17.7 Å². The van der Waals surface area contributed by atoms with Crippen molar-refractivity contribution in [3.8, 4) is 11.5 Å². The third kappa shape index (κ3) is 3.48. The first-order valence-electron chi connectivity index (χ1n) is 8.98. The zero-order valence-electron chi connectivity index (χ0n) is 14.5. The second-order valence-electron chi connectivity index (χ2n) is 6.89. The maximum atomic E-state index is 12.4. The summed E-state index contributed by atoms with van der Waals surface area (Å²) in [6, 6.07) is 12.3. The van der Waals surface area contributed by atoms with E-state index in [1.54, 1.807) is 0 Å². The average Bonchev–Trinajstić information content (AvgIpc) is 3.09. The molecule has 1 amide bonds. The van der Waals surface area contributed by atoms with Gasteiger partial charge < -0.3 is 14.8 Å². The molecule has 1 atom stereocenters. The molecule has 0 radical (unpaired) electrons. The molecule has 4 nitrogen and oxygen atoms in total. The van der Waals surface area contributed by atoms with Crippen LogP contribution in [0.1, 0.15) is 48.1 Å². The van der Waals surface area contributed by atoms with E-state index in [4.69, 9.17) is 9.47 Å². The third-order valence-corrected chi connectivity index (χ3v) is 5.05. The highest BCUT2D eigenvalue weighted by atomic mass is 16.7. The maximum Gasteiger partial charge on any atom is 0.231 e. The number of carbonyl (C=O) groups is 1. The maximum absolute atomic E-state index is 12.4. The summed E-state index contributed by atoms with van der Waals surface area (Å²) in [7, 11) is 0. The number of amides is 1. The van der Waals surface area contributed by atoms with Crippen molar-refractivity contribution < 1.29 is 14.3 Å². The van der Waals surface area contributed by atoms with E-state index in [-0.39, 0.29) is 18.7 Å². The lowest BCUT2D eigenvalue weighted by molar-refractivity contribution is -0.121. The average molecular weight is 337 g/mol. The third-order valence-electron chi connectivity index (χ3n) is 5.05. The Kier molecular flexibility index (Phi) is 4.35. The van der Waals surface area contributed by atoms with E-state index in [1.165, 1.54) is 36.0 Å². The van der Waals surface area contributed by atoms with Gasteiger partial charge in [0.15, 0.2) is 11.5 Å². The lowest BCUT2D eigenvalue weighted by atomic mass is 9.89. The Morgan fingerprint density at radius 3 is 2.72 bits per heavy atom. The molecule has 4 rings (SSSR count). The van der Waals surface area contributed by atoms with Gasteiger partial charge in [0.2, 0.25) is 12.7 Å². The van der Waals surface area contributed by atoms with Crippen molar-refractivity contribution in [3.05, 3.63) is 58.7 Å². The molecule has 2 aliphatic rings. The molecule has 0 spiro atoms. The van der Waals surface area contributed by atoms with E-state index in [0.29, 0.717) is 12.2 Å². The molecule has 1 aliphatic heterocycles. The smallest absolute Gasteiger partial charge is 0.231 e. The highest BCUT2D eigenvalue weighted by Crippen LogP contribution is 2.32. The summed E-state index contributed by atoms with van der Waals surface area (Å²) in [5.41, 5.74) is 5.02. The summed E-state index contributed by atoms with van der Waals surface area (Å²) in [4.78, 5) is 12.4. The monoisotopic (exact) mass is 337 g/mol. The van der Waals surface area contributed by atoms with Gasteiger partial charge in [0.1, 0.15) is 0 Å². The number of carbonyl (C=O) groups excluding carboxylic acids is 1. The number of aryl methyl sites for hydroxylation is 2. The van der Waals surface area contributed by atoms with Crippen molar-refractivity contribution in [2.45, 2.75) is 45.1 Å². The van der Waals surface area contributed by atoms with E-state index in [9.17, 15) is 4.79 Å². The first kappa shape index (κ1) is 16.0. The highest BCUT2D eigenvalue weighted by Gasteiger charge is 2.17. The summed E-state index contributed by atoms with van der Waals surface area (Å²) in [6.45, 7) is 2.29. The van der Waals surface area contributed by atoms with E-state index in [2.05, 4.69) is 23.5 Å². The van der Waals surface area contributed by atoms with Gasteiger partial charge in [0.05, 0.1) is 12.5 Å². The molecule has 0 saturated carbocycles. The summed E-state index contributed by atoms with van der Waals surface area (Å²) >= 11 is 0. The van der Waals surface area contributed by atoms with Crippen LogP contribution in [0.2, 0.25) is 0 Å². The Morgan fingerprint density at radius 2 is 1.84 bits per heavy atom. The fourth-order valence-corrected chi connectivity index (χ4v) is 3.63. The number of ether oxygens (including phenoxy) is 2. The Balaban J connectivity index is 1.40. The molecule has 2 aromatic carbocycles. The molecule has 1 heterocycles. The van der Waals surface area contributed by atoms with Gasteiger partial charge in [-0.05, 0) is 67.0 Å². The summed E-state index contributed by atoms with van der Waals surface area (Å²) in [6.07, 6.45) is 5.23. The summed E-state index contributed by atoms with van der Waals surface area (Å²) in [5.74, 6) is 1.48. The standard InChI is InChI=1S/C21H23NO3/c1-14(17-8-7-16-4-2-3-5-18(16)12-17)22-21(23)11-15-6-9-19-20(10-15)25-13-24-19/h6-10,12,14H,2-5,11,13H2,1H3,(H,22,23)/t14-/m0/s1. The molecular weight excluding hydrogens is 314 g/mol. The summed E-state index contributed by atoms with van der Waals surface area (Å²) < 4.78 is 10.7. The molecular formula is C21H23NO3. The van der Waals surface area contributed by atoms with Crippen molar-refractivity contribution in [2.75, 3.05) is 6.79 Å². The van der Waals surface area contributed by atoms with Crippen LogP contribution in [0.5, 0.6) is 11.5 Å². The highest BCUT2D eigenvalue weighted by molar-refractivity contribution is 5.79. The molecule has 25 heavy (non-hydrogen) atoms. The second-order valence-corrected chi connectivity index (χ2v) is 6.89. The van der Waals surface area contributed by atoms with Gasteiger partial charge in [0.25, 0.3) is 0 Å². The minimum absolute atomic E-state index is 0.00809. The van der Waals surface area contributed by atoms with Crippen LogP contribution in [0.3, 0.4) is 0 Å². The lowest BCUT2D eigenvalue weighted by Crippen LogP contribution is -2.28. The Morgan fingerprint density at radius 1 is 1.04 bits per heavy atom. The van der Waals surface area contributed by atoms with Crippen molar-refractivity contribution in [1.29, 1.82) is 0 Å². The zero-order chi connectivity index (χ0) is 17.2. The number of benzene rings is 2. The van der Waals surface area contributed by atoms with E-state index < -0.39 is 0 Å². The van der Waals surface area contributed by atoms with E-state index >= 15 is 0 Å². The van der Waals surface area contributed by atoms with Crippen molar-refractivity contribution in [1.82, 2.24) is 5.32 Å². The number of hydrogen-bond acceptors (Lipinski definition) is 3. The van der Waals surface area contributed by atoms with Crippen molar-refractivity contribution in [3.63, 3.8) is 0 Å². The fourth-order valence-electron chi connectivity index (χ4n) is 3.63. The van der Waals surface area contributed by atoms with Crippen molar-refractivity contribution >= 4 is 5.91 Å². The molecule has 2 aromatic rings. The molecule has 0 aromatic heterocycles. The van der Waals surface area contributed by atoms with Gasteiger partial charge in [-0.3, -0.25) is 4.79 Å². The van der Waals surface area contributed by atoms with Gasteiger partial charge >= 0.3 is 0 Å². The van der Waals surface area contributed by atoms with Gasteiger partial charge in [0, 0.05) is 0 Å². The minimum Gasteiger partial charge on any atom is -0.454 e. The molecule has 1 N–H and O–H groups in total. The predicted octanol–water partition coefficient (Wildman–Crippen LogP) is 3.71. The Hall–Kier alpha value is -2.49. The van der Waals surface area contributed by atoms with Gasteiger partial charge in [-0.25, -0.2) is 0 Å². The SMILES string of the molecule is C[C@H](NC(=O)Cc1ccc2c(c1)OCO2)c1ccc2c(c1)CCCC2. The van der Waals surface area contributed by atoms with Crippen LogP contribution in [-0.2, 0) is 24.1 Å². The Labute approximate surface area is 148 Å². The molecule has 0 unspecified atom stereocenters. The molecule has 130 valence electrons. The van der Waals surface area contributed by atoms with Gasteiger partial charge in [-0.15, -0.1) is 0 Å². The second kappa shape index (κ2) is 6.79. The molecule has 0 bridgehead atoms. The first-order valence-corrected chi connectivity index (χ1v) is 8.98. The minimum atomic E-state index is 0.00809. The topological polar surface area (TPSA) is 47.6 Å². The summed E-state index contributed by atoms with van der Waals surface area (Å²) in [5, 5.41) is 3.11. The molecule has 0 fully saturated rings. The molecule has 1 aliphatic carbocycles. The van der Waals surface area contributed by atoms with Crippen LogP contribution in [0.25, 0.3) is 0 Å². The van der Waals surface area contributed by atoms with Gasteiger partial charge in [-0.2, -0.15) is 0 Å². The number of hydrogen-bond donors (Lipinski definition) is 1. The quantitative estimate of drug-likeness (QED) is 0.925. The first-order chi connectivity index (χ1) is 12.2. The zero-order valence-corrected chi connectivity index (χ0v) is 14.5. The van der Waals surface area contributed by atoms with Gasteiger partial charge in [-0.1, -0.05) is 24.3 Å². The molecule has 0 saturated heterocycles. The van der Waals surface area contributed by atoms with Crippen LogP contribution in [0, 0.1) is 0 Å². The van der Waals surface area contributed by atoms with E-state index in [1.807, 2.05) is 25.1 Å². The van der Waals surface area contributed by atoms with Crippen LogP contribution >= 0.6 is 0 Å². The number of fused-ring (bicyclic) bond motifs is 2. The molecule has 4 heteroatoms. The normalized spacial score (nSPS) is 16.2. The van der Waals surface area contributed by atoms with Crippen molar-refractivity contribution in [2.24, 2.45) is 0 Å². The number of rotatable bonds is 4. The lowest BCUT2D eigenvalue weighted by Gasteiger charge is -2.20. The Bertz CT molecular complexity index is 800. The van der Waals surface area contributed by atoms with Crippen LogP contribution in [0.4, 0.5) is 0 Å². The van der Waals surface area contributed by atoms with Crippen LogP contribution in [-0.4, -0.2) is 12.7 Å². The number of nitrogens with one attached hydrogen (secondary N) is 1. The van der Waals surface area contributed by atoms with Crippen LogP contribution in [0.15, 0.2) is 36.4 Å². The van der Waals surface area contributed by atoms with Crippen LogP contribution < -0.4 is 14.8 Å². The predicted molar refractivity (Wildman–Crippen MR) is 95.9 cm³/mol. The fraction of sp³-hybridized carbons (Fsp3) is 0.381. The largest absolute Gasteiger partial charge is 0.454 e.